The predicted octanol–water partition coefficient (Wildman–Crippen LogP) is 5.62. The summed E-state index contributed by atoms with van der Waals surface area (Å²) in [5.74, 6) is 0. The molecule has 0 bridgehead atoms. The molecule has 0 heterocycles. The van der Waals surface area contributed by atoms with Gasteiger partial charge in [0, 0.05) is 0 Å². The van der Waals surface area contributed by atoms with Crippen molar-refractivity contribution in [2.24, 2.45) is 0 Å². The molecular weight excluding hydrogens is 192 g/mol. The van der Waals surface area contributed by atoms with Gasteiger partial charge in [0.2, 0.25) is 0 Å². The van der Waals surface area contributed by atoms with Gasteiger partial charge in [-0.15, -0.1) is 0 Å². The summed E-state index contributed by atoms with van der Waals surface area (Å²) in [7, 11) is 0. The lowest BCUT2D eigenvalue weighted by atomic mass is 10.1. The number of benzene rings is 1. The van der Waals surface area contributed by atoms with E-state index >= 15 is 0 Å². The SMILES string of the molecule is CCCCCCC.CCCc1ccccc1. The van der Waals surface area contributed by atoms with Crippen LogP contribution in [0.1, 0.15) is 64.9 Å². The van der Waals surface area contributed by atoms with Crippen molar-refractivity contribution in [3.05, 3.63) is 35.9 Å². The van der Waals surface area contributed by atoms with Gasteiger partial charge in [0.25, 0.3) is 0 Å². The van der Waals surface area contributed by atoms with E-state index in [0.717, 1.165) is 0 Å². The topological polar surface area (TPSA) is 0 Å². The molecule has 16 heavy (non-hydrogen) atoms. The molecule has 0 aliphatic carbocycles. The largest absolute Gasteiger partial charge is 0.0654 e. The van der Waals surface area contributed by atoms with Crippen molar-refractivity contribution in [3.8, 4) is 0 Å². The molecule has 0 saturated carbocycles. The second-order valence-electron chi connectivity index (χ2n) is 4.30. The van der Waals surface area contributed by atoms with E-state index in [9.17, 15) is 0 Å². The smallest absolute Gasteiger partial charge is 0.0281 e. The van der Waals surface area contributed by atoms with Crippen molar-refractivity contribution in [3.63, 3.8) is 0 Å². The lowest BCUT2D eigenvalue weighted by Gasteiger charge is -1.93. The number of hydrogen-bond acceptors (Lipinski definition) is 0. The molecule has 1 aromatic carbocycles. The van der Waals surface area contributed by atoms with E-state index in [1.54, 1.807) is 0 Å². The minimum absolute atomic E-state index is 1.21. The summed E-state index contributed by atoms with van der Waals surface area (Å²) in [6.45, 7) is 6.69. The minimum Gasteiger partial charge on any atom is -0.0654 e. The second-order valence-corrected chi connectivity index (χ2v) is 4.30. The van der Waals surface area contributed by atoms with Crippen LogP contribution in [0.4, 0.5) is 0 Å². The fraction of sp³-hybridized carbons (Fsp3) is 0.625. The predicted molar refractivity (Wildman–Crippen MR) is 74.9 cm³/mol. The average molecular weight is 220 g/mol. The van der Waals surface area contributed by atoms with E-state index in [2.05, 4.69) is 51.1 Å². The zero-order valence-corrected chi connectivity index (χ0v) is 11.3. The number of unbranched alkanes of at least 4 members (excludes halogenated alkanes) is 4. The van der Waals surface area contributed by atoms with Crippen LogP contribution in [0.5, 0.6) is 0 Å². The van der Waals surface area contributed by atoms with Gasteiger partial charge in [-0.1, -0.05) is 89.6 Å². The van der Waals surface area contributed by atoms with E-state index in [0.29, 0.717) is 0 Å². The molecule has 0 saturated heterocycles. The van der Waals surface area contributed by atoms with Gasteiger partial charge in [-0.25, -0.2) is 0 Å². The fourth-order valence-corrected chi connectivity index (χ4v) is 1.61. The third kappa shape index (κ3) is 9.76. The van der Waals surface area contributed by atoms with Crippen molar-refractivity contribution in [1.82, 2.24) is 0 Å². The number of rotatable bonds is 6. The molecule has 1 aromatic rings. The van der Waals surface area contributed by atoms with Crippen LogP contribution in [0.25, 0.3) is 0 Å². The molecule has 0 amide bonds. The van der Waals surface area contributed by atoms with Crippen LogP contribution in [-0.4, -0.2) is 0 Å². The number of aryl methyl sites for hydroxylation is 1. The van der Waals surface area contributed by atoms with Gasteiger partial charge >= 0.3 is 0 Å². The van der Waals surface area contributed by atoms with Gasteiger partial charge in [-0.05, 0) is 12.0 Å². The van der Waals surface area contributed by atoms with Crippen molar-refractivity contribution in [2.45, 2.75) is 65.7 Å². The summed E-state index contributed by atoms with van der Waals surface area (Å²) in [5.41, 5.74) is 1.44. The highest BCUT2D eigenvalue weighted by Gasteiger charge is 1.84. The zero-order valence-electron chi connectivity index (χ0n) is 11.3. The first-order valence-corrected chi connectivity index (χ1v) is 6.89. The molecular formula is C16H28. The van der Waals surface area contributed by atoms with E-state index in [4.69, 9.17) is 0 Å². The van der Waals surface area contributed by atoms with E-state index in [1.807, 2.05) is 0 Å². The van der Waals surface area contributed by atoms with Crippen molar-refractivity contribution in [1.29, 1.82) is 0 Å². The molecule has 0 aliphatic heterocycles. The first-order chi connectivity index (χ1) is 7.85. The Kier molecular flexibility index (Phi) is 11.7. The summed E-state index contributed by atoms with van der Waals surface area (Å²) in [6, 6.07) is 10.6. The van der Waals surface area contributed by atoms with Gasteiger partial charge in [0.1, 0.15) is 0 Å². The Morgan fingerprint density at radius 2 is 1.25 bits per heavy atom. The maximum Gasteiger partial charge on any atom is -0.0281 e. The van der Waals surface area contributed by atoms with Crippen LogP contribution in [0, 0.1) is 0 Å². The summed E-state index contributed by atoms with van der Waals surface area (Å²) >= 11 is 0. The molecule has 0 aromatic heterocycles. The van der Waals surface area contributed by atoms with E-state index in [-0.39, 0.29) is 0 Å². The zero-order chi connectivity index (χ0) is 12.1. The molecule has 0 nitrogen and oxygen atoms in total. The Morgan fingerprint density at radius 1 is 0.688 bits per heavy atom. The first-order valence-electron chi connectivity index (χ1n) is 6.89. The van der Waals surface area contributed by atoms with Gasteiger partial charge in [-0.3, -0.25) is 0 Å². The minimum atomic E-state index is 1.21. The average Bonchev–Trinajstić information content (AvgIpc) is 2.32. The van der Waals surface area contributed by atoms with Crippen LogP contribution in [0.3, 0.4) is 0 Å². The van der Waals surface area contributed by atoms with Crippen molar-refractivity contribution >= 4 is 0 Å². The molecule has 0 N–H and O–H groups in total. The van der Waals surface area contributed by atoms with Crippen LogP contribution in [-0.2, 0) is 6.42 Å². The van der Waals surface area contributed by atoms with Gasteiger partial charge in [0.05, 0.1) is 0 Å². The quantitative estimate of drug-likeness (QED) is 0.546. The van der Waals surface area contributed by atoms with Crippen LogP contribution < -0.4 is 0 Å². The third-order valence-electron chi connectivity index (χ3n) is 2.59. The first kappa shape index (κ1) is 15.2. The lowest BCUT2D eigenvalue weighted by Crippen LogP contribution is -1.78. The normalized spacial score (nSPS) is 9.44. The maximum absolute atomic E-state index is 2.25. The molecule has 0 radical (unpaired) electrons. The second kappa shape index (κ2) is 12.3. The molecule has 0 fully saturated rings. The highest BCUT2D eigenvalue weighted by atomic mass is 13.9. The Balaban J connectivity index is 0.000000293. The Bertz CT molecular complexity index is 209. The van der Waals surface area contributed by atoms with E-state index in [1.165, 1.54) is 50.5 Å². The molecule has 0 heteroatoms. The highest BCUT2D eigenvalue weighted by molar-refractivity contribution is 5.14. The number of hydrogen-bond donors (Lipinski definition) is 0. The molecule has 0 aliphatic rings. The standard InChI is InChI=1S/C9H12.C7H16/c1-2-6-9-7-4-3-5-8-9;1-3-5-7-6-4-2/h3-5,7-8H,2,6H2,1H3;3-7H2,1-2H3. The van der Waals surface area contributed by atoms with Gasteiger partial charge in [0.15, 0.2) is 0 Å². The summed E-state index contributed by atoms with van der Waals surface area (Å²) in [5, 5.41) is 0. The lowest BCUT2D eigenvalue weighted by molar-refractivity contribution is 0.656. The monoisotopic (exact) mass is 220 g/mol. The molecule has 1 rings (SSSR count). The summed E-state index contributed by atoms with van der Waals surface area (Å²) in [4.78, 5) is 0. The van der Waals surface area contributed by atoms with Gasteiger partial charge < -0.3 is 0 Å². The fourth-order valence-electron chi connectivity index (χ4n) is 1.61. The van der Waals surface area contributed by atoms with Crippen molar-refractivity contribution < 1.29 is 0 Å². The highest BCUT2D eigenvalue weighted by Crippen LogP contribution is 2.00. The van der Waals surface area contributed by atoms with Crippen LogP contribution in [0.2, 0.25) is 0 Å². The Labute approximate surface area is 102 Å². The van der Waals surface area contributed by atoms with E-state index < -0.39 is 0 Å². The Hall–Kier alpha value is -0.780. The molecule has 92 valence electrons. The van der Waals surface area contributed by atoms with Crippen molar-refractivity contribution in [2.75, 3.05) is 0 Å². The molecule has 0 spiro atoms. The van der Waals surface area contributed by atoms with Crippen LogP contribution >= 0.6 is 0 Å². The molecule has 0 unspecified atom stereocenters. The van der Waals surface area contributed by atoms with Crippen LogP contribution in [0.15, 0.2) is 30.3 Å². The maximum atomic E-state index is 2.25. The third-order valence-corrected chi connectivity index (χ3v) is 2.59. The summed E-state index contributed by atoms with van der Waals surface area (Å²) in [6.07, 6.45) is 9.46. The van der Waals surface area contributed by atoms with Gasteiger partial charge in [-0.2, -0.15) is 0 Å². The summed E-state index contributed by atoms with van der Waals surface area (Å²) < 4.78 is 0. The Morgan fingerprint density at radius 3 is 1.69 bits per heavy atom. The molecule has 0 atom stereocenters.